The second-order valence-electron chi connectivity index (χ2n) is 7.80. The number of piperidine rings is 1. The zero-order valence-electron chi connectivity index (χ0n) is 17.3. The molecule has 160 valence electrons. The lowest BCUT2D eigenvalue weighted by atomic mass is 9.98. The van der Waals surface area contributed by atoms with Gasteiger partial charge in [0.2, 0.25) is 10.0 Å². The molecule has 1 aliphatic heterocycles. The molecule has 0 amide bonds. The number of esters is 1. The Morgan fingerprint density at radius 3 is 2.17 bits per heavy atom. The van der Waals surface area contributed by atoms with Crippen molar-refractivity contribution in [1.82, 2.24) is 4.31 Å². The summed E-state index contributed by atoms with van der Waals surface area (Å²) in [6, 6.07) is 15.6. The molecule has 6 nitrogen and oxygen atoms in total. The van der Waals surface area contributed by atoms with Crippen LogP contribution in [0.15, 0.2) is 59.5 Å². The predicted molar refractivity (Wildman–Crippen MR) is 114 cm³/mol. The molecular weight excluding hydrogens is 402 g/mol. The summed E-state index contributed by atoms with van der Waals surface area (Å²) in [4.78, 5) is 24.7. The first-order valence-corrected chi connectivity index (χ1v) is 11.6. The minimum absolute atomic E-state index is 0.251. The van der Waals surface area contributed by atoms with E-state index in [1.165, 1.54) is 4.31 Å². The monoisotopic (exact) mass is 429 g/mol. The molecule has 0 spiro atoms. The minimum Gasteiger partial charge on any atom is -0.457 e. The van der Waals surface area contributed by atoms with Gasteiger partial charge in [0.05, 0.1) is 10.8 Å². The van der Waals surface area contributed by atoms with Gasteiger partial charge in [-0.05, 0) is 36.5 Å². The quantitative estimate of drug-likeness (QED) is 0.496. The summed E-state index contributed by atoms with van der Waals surface area (Å²) in [5.74, 6) is -0.771. The van der Waals surface area contributed by atoms with Gasteiger partial charge in [0.25, 0.3) is 0 Å². The molecular formula is C23H27NO5S. The molecule has 3 rings (SSSR count). The lowest BCUT2D eigenvalue weighted by Crippen LogP contribution is -2.40. The van der Waals surface area contributed by atoms with Gasteiger partial charge in [-0.15, -0.1) is 0 Å². The Labute approximate surface area is 177 Å². The second-order valence-corrected chi connectivity index (χ2v) is 9.74. The number of sulfonamides is 1. The molecule has 1 heterocycles. The summed E-state index contributed by atoms with van der Waals surface area (Å²) in [7, 11) is -3.59. The Morgan fingerprint density at radius 2 is 1.60 bits per heavy atom. The fourth-order valence-corrected chi connectivity index (χ4v) is 4.94. The van der Waals surface area contributed by atoms with E-state index in [1.807, 2.05) is 18.2 Å². The van der Waals surface area contributed by atoms with Crippen molar-refractivity contribution in [2.75, 3.05) is 19.7 Å². The first kappa shape index (κ1) is 22.2. The van der Waals surface area contributed by atoms with Gasteiger partial charge in [0, 0.05) is 18.7 Å². The molecule has 2 aromatic rings. The number of nitrogens with zero attached hydrogens (tertiary/aromatic N) is 1. The first-order chi connectivity index (χ1) is 14.3. The number of hydrogen-bond donors (Lipinski definition) is 0. The Morgan fingerprint density at radius 1 is 1.00 bits per heavy atom. The van der Waals surface area contributed by atoms with Crippen LogP contribution in [0.25, 0.3) is 0 Å². The number of rotatable bonds is 7. The summed E-state index contributed by atoms with van der Waals surface area (Å²) in [5.41, 5.74) is 1.58. The van der Waals surface area contributed by atoms with Crippen LogP contribution < -0.4 is 0 Å². The molecule has 7 heteroatoms. The Hall–Kier alpha value is -2.51. The van der Waals surface area contributed by atoms with Crippen LogP contribution >= 0.6 is 0 Å². The zero-order valence-corrected chi connectivity index (χ0v) is 18.1. The molecule has 0 atom stereocenters. The van der Waals surface area contributed by atoms with Crippen molar-refractivity contribution >= 4 is 21.8 Å². The van der Waals surface area contributed by atoms with Gasteiger partial charge in [-0.3, -0.25) is 9.59 Å². The van der Waals surface area contributed by atoms with Crippen LogP contribution in [-0.2, 0) is 19.6 Å². The number of benzene rings is 2. The molecule has 1 fully saturated rings. The molecule has 0 saturated carbocycles. The van der Waals surface area contributed by atoms with E-state index in [9.17, 15) is 18.0 Å². The van der Waals surface area contributed by atoms with Gasteiger partial charge in [0.1, 0.15) is 0 Å². The van der Waals surface area contributed by atoms with E-state index in [-0.39, 0.29) is 30.4 Å². The molecule has 0 bridgehead atoms. The van der Waals surface area contributed by atoms with Crippen molar-refractivity contribution in [3.05, 3.63) is 65.7 Å². The molecule has 30 heavy (non-hydrogen) atoms. The van der Waals surface area contributed by atoms with Crippen LogP contribution in [0.2, 0.25) is 0 Å². The standard InChI is InChI=1S/C23H27NO5S/c1-17(2)18-8-10-21(11-9-18)30(27,28)24-14-12-20(13-15-24)23(26)29-16-22(25)19-6-4-3-5-7-19/h3-11,17,20H,12-16H2,1-2H3. The molecule has 0 aromatic heterocycles. The normalized spacial score (nSPS) is 15.8. The van der Waals surface area contributed by atoms with Gasteiger partial charge in [-0.1, -0.05) is 56.3 Å². The summed E-state index contributed by atoms with van der Waals surface area (Å²) in [6.07, 6.45) is 0.753. The minimum atomic E-state index is -3.59. The smallest absolute Gasteiger partial charge is 0.309 e. The maximum atomic E-state index is 12.9. The van der Waals surface area contributed by atoms with Gasteiger partial charge < -0.3 is 4.74 Å². The lowest BCUT2D eigenvalue weighted by molar-refractivity contribution is -0.148. The topological polar surface area (TPSA) is 80.8 Å². The van der Waals surface area contributed by atoms with Gasteiger partial charge in [0.15, 0.2) is 12.4 Å². The van der Waals surface area contributed by atoms with E-state index in [2.05, 4.69) is 13.8 Å². The van der Waals surface area contributed by atoms with Crippen molar-refractivity contribution < 1.29 is 22.7 Å². The Balaban J connectivity index is 1.53. The molecule has 0 radical (unpaired) electrons. The highest BCUT2D eigenvalue weighted by atomic mass is 32.2. The average Bonchev–Trinajstić information content (AvgIpc) is 2.78. The first-order valence-electron chi connectivity index (χ1n) is 10.1. The number of hydrogen-bond acceptors (Lipinski definition) is 5. The average molecular weight is 430 g/mol. The fourth-order valence-electron chi connectivity index (χ4n) is 3.47. The van der Waals surface area contributed by atoms with E-state index in [0.717, 1.165) is 5.56 Å². The van der Waals surface area contributed by atoms with Gasteiger partial charge in [-0.25, -0.2) is 8.42 Å². The highest BCUT2D eigenvalue weighted by Crippen LogP contribution is 2.26. The van der Waals surface area contributed by atoms with E-state index >= 15 is 0 Å². The predicted octanol–water partition coefficient (Wildman–Crippen LogP) is 3.64. The SMILES string of the molecule is CC(C)c1ccc(S(=O)(=O)N2CCC(C(=O)OCC(=O)c3ccccc3)CC2)cc1. The maximum Gasteiger partial charge on any atom is 0.309 e. The Bertz CT molecular complexity index is 976. The molecule has 0 aliphatic carbocycles. The number of ether oxygens (including phenoxy) is 1. The van der Waals surface area contributed by atoms with E-state index < -0.39 is 21.9 Å². The van der Waals surface area contributed by atoms with E-state index in [4.69, 9.17) is 4.74 Å². The highest BCUT2D eigenvalue weighted by Gasteiger charge is 2.33. The summed E-state index contributed by atoms with van der Waals surface area (Å²) < 4.78 is 32.4. The third kappa shape index (κ3) is 5.15. The van der Waals surface area contributed by atoms with Crippen LogP contribution in [0.1, 0.15) is 48.5 Å². The molecule has 0 unspecified atom stereocenters. The number of carbonyl (C=O) groups excluding carboxylic acids is 2. The number of ketones is 1. The van der Waals surface area contributed by atoms with E-state index in [0.29, 0.717) is 24.3 Å². The van der Waals surface area contributed by atoms with Crippen LogP contribution in [-0.4, -0.2) is 44.2 Å². The van der Waals surface area contributed by atoms with Gasteiger partial charge in [-0.2, -0.15) is 4.31 Å². The summed E-state index contributed by atoms with van der Waals surface area (Å²) >= 11 is 0. The third-order valence-corrected chi connectivity index (χ3v) is 7.33. The molecule has 2 aromatic carbocycles. The van der Waals surface area contributed by atoms with Crippen molar-refractivity contribution in [2.24, 2.45) is 5.92 Å². The van der Waals surface area contributed by atoms with Crippen LogP contribution in [0.5, 0.6) is 0 Å². The van der Waals surface area contributed by atoms with Crippen LogP contribution in [0.3, 0.4) is 0 Å². The van der Waals surface area contributed by atoms with Crippen LogP contribution in [0.4, 0.5) is 0 Å². The number of carbonyl (C=O) groups is 2. The summed E-state index contributed by atoms with van der Waals surface area (Å²) in [5, 5.41) is 0. The summed E-state index contributed by atoms with van der Waals surface area (Å²) in [6.45, 7) is 4.31. The molecule has 1 saturated heterocycles. The fraction of sp³-hybridized carbons (Fsp3) is 0.391. The maximum absolute atomic E-state index is 12.9. The lowest BCUT2D eigenvalue weighted by Gasteiger charge is -2.30. The molecule has 0 N–H and O–H groups in total. The number of Topliss-reactive ketones (excluding diaryl/α,β-unsaturated/α-hetero) is 1. The van der Waals surface area contributed by atoms with Crippen molar-refractivity contribution in [3.8, 4) is 0 Å². The van der Waals surface area contributed by atoms with Crippen LogP contribution in [0, 0.1) is 5.92 Å². The van der Waals surface area contributed by atoms with Crippen molar-refractivity contribution in [3.63, 3.8) is 0 Å². The Kier molecular flexibility index (Phi) is 7.05. The molecule has 1 aliphatic rings. The second kappa shape index (κ2) is 9.53. The van der Waals surface area contributed by atoms with Crippen molar-refractivity contribution in [1.29, 1.82) is 0 Å². The van der Waals surface area contributed by atoms with Gasteiger partial charge >= 0.3 is 5.97 Å². The zero-order chi connectivity index (χ0) is 21.7. The largest absolute Gasteiger partial charge is 0.457 e. The van der Waals surface area contributed by atoms with E-state index in [1.54, 1.807) is 36.4 Å². The van der Waals surface area contributed by atoms with Crippen molar-refractivity contribution in [2.45, 2.75) is 37.5 Å². The highest BCUT2D eigenvalue weighted by molar-refractivity contribution is 7.89. The third-order valence-electron chi connectivity index (χ3n) is 5.41.